The first-order valence-corrected chi connectivity index (χ1v) is 18.1. The quantitative estimate of drug-likeness (QED) is 0.0305. The molecule has 1 aromatic carbocycles. The number of aliphatic carboxylic acids is 4. The highest BCUT2D eigenvalue weighted by atomic mass is 16.4. The first-order valence-electron chi connectivity index (χ1n) is 18.1. The van der Waals surface area contributed by atoms with Crippen molar-refractivity contribution in [1.82, 2.24) is 31.9 Å². The Bertz CT molecular complexity index is 1460. The number of hydrogen-bond acceptors (Lipinski definition) is 9. The van der Waals surface area contributed by atoms with Crippen LogP contribution in [0.25, 0.3) is 0 Å². The zero-order chi connectivity index (χ0) is 41.2. The van der Waals surface area contributed by atoms with Crippen LogP contribution in [0.15, 0.2) is 24.3 Å². The number of benzene rings is 1. The number of urea groups is 1. The lowest BCUT2D eigenvalue weighted by Crippen LogP contribution is -2.51. The Kier molecular flexibility index (Phi) is 22.9. The van der Waals surface area contributed by atoms with E-state index in [0.29, 0.717) is 70.0 Å². The zero-order valence-electron chi connectivity index (χ0n) is 30.7. The minimum Gasteiger partial charge on any atom is -0.481 e. The predicted octanol–water partition coefficient (Wildman–Crippen LogP) is 0.837. The third-order valence-electron chi connectivity index (χ3n) is 8.19. The number of nitrogens with one attached hydrogen (secondary N) is 7. The summed E-state index contributed by atoms with van der Waals surface area (Å²) in [4.78, 5) is 94.0. The number of unbranched alkanes of at least 4 members (excludes halogenated alkanes) is 5. The molecule has 0 aliphatic heterocycles. The molecule has 3 atom stereocenters. The molecule has 2 unspecified atom stereocenters. The maximum Gasteiger partial charge on any atom is 0.326 e. The molecule has 20 heteroatoms. The molecule has 0 aliphatic carbocycles. The van der Waals surface area contributed by atoms with Gasteiger partial charge in [-0.15, -0.1) is 0 Å². The Morgan fingerprint density at radius 1 is 0.564 bits per heavy atom. The topological polar surface area (TPSA) is 340 Å². The number of amides is 5. The molecule has 13 N–H and O–H groups in total. The van der Waals surface area contributed by atoms with Crippen molar-refractivity contribution in [3.8, 4) is 0 Å². The molecule has 0 aliphatic rings. The largest absolute Gasteiger partial charge is 0.481 e. The average Bonchev–Trinajstić information content (AvgIpc) is 3.12. The van der Waals surface area contributed by atoms with Crippen molar-refractivity contribution in [2.24, 2.45) is 5.73 Å². The van der Waals surface area contributed by atoms with E-state index in [0.717, 1.165) is 5.56 Å². The molecule has 0 bridgehead atoms. The summed E-state index contributed by atoms with van der Waals surface area (Å²) in [7, 11) is 0. The van der Waals surface area contributed by atoms with E-state index in [1.54, 1.807) is 24.3 Å². The van der Waals surface area contributed by atoms with Gasteiger partial charge in [0.15, 0.2) is 5.96 Å². The Labute approximate surface area is 318 Å². The van der Waals surface area contributed by atoms with Gasteiger partial charge in [0.1, 0.15) is 18.1 Å². The maximum absolute atomic E-state index is 12.4. The molecule has 1 aromatic rings. The monoisotopic (exact) mass is 778 g/mol. The lowest BCUT2D eigenvalue weighted by atomic mass is 10.1. The number of hydrogen-bond donors (Lipinski definition) is 12. The number of carbonyl (C=O) groups is 8. The number of carboxylic acids is 4. The van der Waals surface area contributed by atoms with Crippen LogP contribution in [0.2, 0.25) is 0 Å². The fourth-order valence-electron chi connectivity index (χ4n) is 5.13. The van der Waals surface area contributed by atoms with Crippen molar-refractivity contribution < 1.29 is 58.8 Å². The van der Waals surface area contributed by atoms with Gasteiger partial charge in [0.2, 0.25) is 11.8 Å². The van der Waals surface area contributed by atoms with Crippen molar-refractivity contribution in [3.63, 3.8) is 0 Å². The highest BCUT2D eigenvalue weighted by molar-refractivity contribution is 5.94. The zero-order valence-corrected chi connectivity index (χ0v) is 30.7. The summed E-state index contributed by atoms with van der Waals surface area (Å²) in [5, 5.41) is 58.9. The van der Waals surface area contributed by atoms with Crippen molar-refractivity contribution in [1.29, 1.82) is 5.41 Å². The van der Waals surface area contributed by atoms with Gasteiger partial charge >= 0.3 is 29.9 Å². The van der Waals surface area contributed by atoms with E-state index in [1.807, 2.05) is 0 Å². The summed E-state index contributed by atoms with van der Waals surface area (Å²) >= 11 is 0. The molecule has 0 saturated heterocycles. The number of nitrogens with two attached hydrogens (primary N) is 1. The van der Waals surface area contributed by atoms with Crippen molar-refractivity contribution >= 4 is 53.6 Å². The van der Waals surface area contributed by atoms with E-state index in [9.17, 15) is 48.6 Å². The smallest absolute Gasteiger partial charge is 0.326 e. The second-order valence-corrected chi connectivity index (χ2v) is 12.8. The van der Waals surface area contributed by atoms with Crippen LogP contribution in [0.4, 0.5) is 4.79 Å². The van der Waals surface area contributed by atoms with Crippen molar-refractivity contribution in [2.75, 3.05) is 13.1 Å². The molecule has 0 saturated carbocycles. The summed E-state index contributed by atoms with van der Waals surface area (Å²) in [5.74, 6) is -6.21. The Hall–Kier alpha value is -5.95. The molecular formula is C35H54N8O12. The van der Waals surface area contributed by atoms with E-state index in [2.05, 4.69) is 31.9 Å². The SMILES string of the molecule is N=C(N)NCc1ccc(C(=O)NCCCCC(NC(=O)CCCCCCC(=O)NCCCC[C@H](NC(=O)NC(CCC(=O)O)C(=O)O)C(=O)O)C(=O)O)cc1. The van der Waals surface area contributed by atoms with Gasteiger partial charge in [-0.25, -0.2) is 19.2 Å². The van der Waals surface area contributed by atoms with E-state index in [-0.39, 0.29) is 62.3 Å². The fraction of sp³-hybridized carbons (Fsp3) is 0.571. The van der Waals surface area contributed by atoms with Crippen LogP contribution in [-0.4, -0.2) is 105 Å². The third-order valence-corrected chi connectivity index (χ3v) is 8.19. The number of carboxylic acid groups (broad SMARTS) is 4. The molecule has 55 heavy (non-hydrogen) atoms. The number of guanidine groups is 1. The molecule has 20 nitrogen and oxygen atoms in total. The highest BCUT2D eigenvalue weighted by Gasteiger charge is 2.25. The van der Waals surface area contributed by atoms with Crippen LogP contribution in [0.5, 0.6) is 0 Å². The Morgan fingerprint density at radius 3 is 1.56 bits per heavy atom. The van der Waals surface area contributed by atoms with Gasteiger partial charge in [-0.2, -0.15) is 0 Å². The summed E-state index contributed by atoms with van der Waals surface area (Å²) in [6.07, 6.45) is 3.81. The third kappa shape index (κ3) is 22.7. The lowest BCUT2D eigenvalue weighted by molar-refractivity contribution is -0.142. The van der Waals surface area contributed by atoms with E-state index >= 15 is 0 Å². The van der Waals surface area contributed by atoms with Crippen LogP contribution in [0.3, 0.4) is 0 Å². The summed E-state index contributed by atoms with van der Waals surface area (Å²) in [5.41, 5.74) is 6.57. The molecular weight excluding hydrogens is 724 g/mol. The van der Waals surface area contributed by atoms with Gasteiger partial charge < -0.3 is 58.1 Å². The van der Waals surface area contributed by atoms with Crippen LogP contribution < -0.4 is 37.6 Å². The predicted molar refractivity (Wildman–Crippen MR) is 197 cm³/mol. The second kappa shape index (κ2) is 26.8. The molecule has 0 aromatic heterocycles. The second-order valence-electron chi connectivity index (χ2n) is 12.8. The number of carbonyl (C=O) groups excluding carboxylic acids is 4. The minimum atomic E-state index is -1.50. The van der Waals surface area contributed by atoms with Crippen LogP contribution in [0.1, 0.15) is 106 Å². The average molecular weight is 779 g/mol. The molecule has 0 spiro atoms. The van der Waals surface area contributed by atoms with E-state index in [1.165, 1.54) is 0 Å². The first-order chi connectivity index (χ1) is 26.1. The minimum absolute atomic E-state index is 0.00681. The molecule has 0 fully saturated rings. The highest BCUT2D eigenvalue weighted by Crippen LogP contribution is 2.09. The molecule has 0 radical (unpaired) electrons. The van der Waals surface area contributed by atoms with Gasteiger partial charge in [0, 0.05) is 44.5 Å². The molecule has 306 valence electrons. The van der Waals surface area contributed by atoms with Gasteiger partial charge in [0.25, 0.3) is 5.91 Å². The van der Waals surface area contributed by atoms with Crippen molar-refractivity contribution in [2.45, 2.75) is 115 Å². The van der Waals surface area contributed by atoms with Crippen LogP contribution in [-0.2, 0) is 35.3 Å². The summed E-state index contributed by atoms with van der Waals surface area (Å²) in [6, 6.07) is 1.85. The van der Waals surface area contributed by atoms with E-state index < -0.39 is 54.5 Å². The summed E-state index contributed by atoms with van der Waals surface area (Å²) < 4.78 is 0. The normalized spacial score (nSPS) is 12.2. The van der Waals surface area contributed by atoms with Crippen LogP contribution >= 0.6 is 0 Å². The van der Waals surface area contributed by atoms with Crippen LogP contribution in [0, 0.1) is 5.41 Å². The van der Waals surface area contributed by atoms with Gasteiger partial charge in [-0.3, -0.25) is 24.6 Å². The fourth-order valence-corrected chi connectivity index (χ4v) is 5.13. The summed E-state index contributed by atoms with van der Waals surface area (Å²) in [6.45, 7) is 0.962. The number of rotatable bonds is 29. The van der Waals surface area contributed by atoms with Gasteiger partial charge in [-0.05, 0) is 75.5 Å². The van der Waals surface area contributed by atoms with Gasteiger partial charge in [-0.1, -0.05) is 25.0 Å². The molecule has 1 rings (SSSR count). The standard InChI is InChI=1S/C35H54N8O12/c36-34(37)40-21-22-13-15-23(16-14-22)30(48)39-20-8-6-9-24(31(49)50)41-28(45)12-4-2-1-3-11-27(44)38-19-7-5-10-25(32(51)52)42-35(55)43-26(33(53)54)17-18-29(46)47/h13-16,24-26H,1-12,17-21H2,(H,38,44)(H,39,48)(H,41,45)(H,46,47)(H,49,50)(H,51,52)(H,53,54)(H4,36,37,40)(H2,42,43,55)/t24?,25-,26?/m0/s1. The van der Waals surface area contributed by atoms with Gasteiger partial charge in [0.05, 0.1) is 0 Å². The maximum atomic E-state index is 12.4. The van der Waals surface area contributed by atoms with E-state index in [4.69, 9.17) is 21.4 Å². The Balaban J connectivity index is 2.19. The first kappa shape index (κ1) is 47.1. The lowest BCUT2D eigenvalue weighted by Gasteiger charge is -2.18. The molecule has 5 amide bonds. The van der Waals surface area contributed by atoms with Crippen molar-refractivity contribution in [3.05, 3.63) is 35.4 Å². The molecule has 0 heterocycles. The Morgan fingerprint density at radius 2 is 1.05 bits per heavy atom.